The fourth-order valence-electron chi connectivity index (χ4n) is 1.68. The summed E-state index contributed by atoms with van der Waals surface area (Å²) in [7, 11) is 3.00. The number of urea groups is 1. The maximum absolute atomic E-state index is 11.9. The van der Waals surface area contributed by atoms with Crippen LogP contribution < -0.4 is 20.1 Å². The molecule has 21 heavy (non-hydrogen) atoms. The van der Waals surface area contributed by atoms with Crippen LogP contribution in [0.2, 0.25) is 5.02 Å². The quantitative estimate of drug-likeness (QED) is 0.908. The Morgan fingerprint density at radius 2 is 1.76 bits per heavy atom. The highest BCUT2D eigenvalue weighted by atomic mass is 35.5. The van der Waals surface area contributed by atoms with E-state index >= 15 is 0 Å². The van der Waals surface area contributed by atoms with Gasteiger partial charge in [0.1, 0.15) is 11.5 Å². The summed E-state index contributed by atoms with van der Waals surface area (Å²) in [5.74, 6) is 0.912. The molecule has 0 saturated heterocycles. The highest BCUT2D eigenvalue weighted by Crippen LogP contribution is 2.35. The first-order valence-electron chi connectivity index (χ1n) is 6.03. The van der Waals surface area contributed by atoms with Gasteiger partial charge in [0, 0.05) is 24.1 Å². The van der Waals surface area contributed by atoms with Crippen LogP contribution >= 0.6 is 11.6 Å². The second-order valence-corrected chi connectivity index (χ2v) is 4.41. The smallest absolute Gasteiger partial charge is 0.323 e. The van der Waals surface area contributed by atoms with Crippen LogP contribution in [0.1, 0.15) is 0 Å². The number of hydrogen-bond donors (Lipinski definition) is 2. The van der Waals surface area contributed by atoms with E-state index in [1.807, 2.05) is 0 Å². The van der Waals surface area contributed by atoms with Crippen LogP contribution in [-0.4, -0.2) is 25.2 Å². The number of methoxy groups -OCH3 is 2. The van der Waals surface area contributed by atoms with Gasteiger partial charge < -0.3 is 20.1 Å². The molecule has 0 radical (unpaired) electrons. The Hall–Kier alpha value is -2.47. The fraction of sp³-hybridized carbons (Fsp3) is 0.143. The van der Waals surface area contributed by atoms with Gasteiger partial charge in [-0.3, -0.25) is 4.98 Å². The summed E-state index contributed by atoms with van der Waals surface area (Å²) in [6.45, 7) is 0. The Balaban J connectivity index is 2.15. The summed E-state index contributed by atoms with van der Waals surface area (Å²) in [5, 5.41) is 5.71. The molecule has 2 N–H and O–H groups in total. The van der Waals surface area contributed by atoms with Crippen molar-refractivity contribution in [3.63, 3.8) is 0 Å². The third-order valence-corrected chi connectivity index (χ3v) is 2.96. The minimum Gasteiger partial charge on any atom is -0.495 e. The number of hydrogen-bond acceptors (Lipinski definition) is 4. The van der Waals surface area contributed by atoms with Gasteiger partial charge >= 0.3 is 6.03 Å². The third kappa shape index (κ3) is 3.76. The normalized spacial score (nSPS) is 9.86. The molecule has 110 valence electrons. The molecule has 1 heterocycles. The molecule has 0 unspecified atom stereocenters. The maximum Gasteiger partial charge on any atom is 0.323 e. The fourth-order valence-corrected chi connectivity index (χ4v) is 1.92. The van der Waals surface area contributed by atoms with Gasteiger partial charge in [-0.25, -0.2) is 4.79 Å². The van der Waals surface area contributed by atoms with E-state index in [1.165, 1.54) is 14.2 Å². The third-order valence-electron chi connectivity index (χ3n) is 2.66. The average molecular weight is 308 g/mol. The number of ether oxygens (including phenoxy) is 2. The van der Waals surface area contributed by atoms with Crippen molar-refractivity contribution in [3.8, 4) is 11.5 Å². The van der Waals surface area contributed by atoms with Crippen LogP contribution in [0.3, 0.4) is 0 Å². The van der Waals surface area contributed by atoms with Crippen molar-refractivity contribution in [1.82, 2.24) is 4.98 Å². The standard InChI is InChI=1S/C14H14ClN3O3/c1-20-12-8-13(21-2)11(7-10(12)15)18-14(19)17-9-3-5-16-6-4-9/h3-8H,1-2H3,(H2,16,17,18,19). The summed E-state index contributed by atoms with van der Waals surface area (Å²) in [4.78, 5) is 15.8. The second kappa shape index (κ2) is 6.81. The lowest BCUT2D eigenvalue weighted by molar-refractivity contribution is 0.262. The summed E-state index contributed by atoms with van der Waals surface area (Å²) >= 11 is 6.04. The van der Waals surface area contributed by atoms with Gasteiger partial charge in [-0.1, -0.05) is 11.6 Å². The van der Waals surface area contributed by atoms with E-state index in [2.05, 4.69) is 15.6 Å². The Morgan fingerprint density at radius 1 is 1.10 bits per heavy atom. The Morgan fingerprint density at radius 3 is 2.38 bits per heavy atom. The van der Waals surface area contributed by atoms with Crippen molar-refractivity contribution in [2.45, 2.75) is 0 Å². The summed E-state index contributed by atoms with van der Waals surface area (Å²) in [5.41, 5.74) is 1.07. The number of nitrogens with one attached hydrogen (secondary N) is 2. The van der Waals surface area contributed by atoms with Crippen LogP contribution in [0.25, 0.3) is 0 Å². The first-order valence-corrected chi connectivity index (χ1v) is 6.41. The highest BCUT2D eigenvalue weighted by molar-refractivity contribution is 6.32. The Labute approximate surface area is 127 Å². The molecule has 2 amide bonds. The molecule has 0 bridgehead atoms. The molecular weight excluding hydrogens is 294 g/mol. The number of carbonyl (C=O) groups is 1. The average Bonchev–Trinajstić information content (AvgIpc) is 2.48. The topological polar surface area (TPSA) is 72.5 Å². The zero-order valence-electron chi connectivity index (χ0n) is 11.5. The van der Waals surface area contributed by atoms with E-state index < -0.39 is 6.03 Å². The van der Waals surface area contributed by atoms with Crippen molar-refractivity contribution in [2.24, 2.45) is 0 Å². The summed E-state index contributed by atoms with van der Waals surface area (Å²) in [6, 6.07) is 6.10. The Kier molecular flexibility index (Phi) is 4.84. The maximum atomic E-state index is 11.9. The van der Waals surface area contributed by atoms with Gasteiger partial charge in [-0.15, -0.1) is 0 Å². The summed E-state index contributed by atoms with van der Waals surface area (Å²) < 4.78 is 10.3. The van der Waals surface area contributed by atoms with Crippen LogP contribution in [0.15, 0.2) is 36.7 Å². The van der Waals surface area contributed by atoms with Crippen LogP contribution in [0.5, 0.6) is 11.5 Å². The number of anilines is 2. The molecule has 0 aliphatic rings. The van der Waals surface area contributed by atoms with Crippen molar-refractivity contribution < 1.29 is 14.3 Å². The van der Waals surface area contributed by atoms with E-state index in [9.17, 15) is 4.79 Å². The molecule has 7 heteroatoms. The van der Waals surface area contributed by atoms with Gasteiger partial charge in [-0.05, 0) is 18.2 Å². The number of nitrogens with zero attached hydrogens (tertiary/aromatic N) is 1. The lowest BCUT2D eigenvalue weighted by Gasteiger charge is -2.13. The molecule has 2 rings (SSSR count). The minimum atomic E-state index is -0.416. The number of carbonyl (C=O) groups excluding carboxylic acids is 1. The minimum absolute atomic E-state index is 0.373. The molecule has 0 atom stereocenters. The van der Waals surface area contributed by atoms with E-state index in [-0.39, 0.29) is 0 Å². The monoisotopic (exact) mass is 307 g/mol. The van der Waals surface area contributed by atoms with Crippen molar-refractivity contribution >= 4 is 29.0 Å². The molecular formula is C14H14ClN3O3. The predicted molar refractivity (Wildman–Crippen MR) is 81.4 cm³/mol. The van der Waals surface area contributed by atoms with Gasteiger partial charge in [0.15, 0.2) is 0 Å². The molecule has 1 aromatic carbocycles. The lowest BCUT2D eigenvalue weighted by Crippen LogP contribution is -2.19. The number of halogens is 1. The van der Waals surface area contributed by atoms with E-state index in [4.69, 9.17) is 21.1 Å². The van der Waals surface area contributed by atoms with Crippen molar-refractivity contribution in [3.05, 3.63) is 41.7 Å². The summed E-state index contributed by atoms with van der Waals surface area (Å²) in [6.07, 6.45) is 3.17. The molecule has 0 spiro atoms. The highest BCUT2D eigenvalue weighted by Gasteiger charge is 2.12. The van der Waals surface area contributed by atoms with Crippen LogP contribution in [-0.2, 0) is 0 Å². The van der Waals surface area contributed by atoms with Gasteiger partial charge in [0.25, 0.3) is 0 Å². The number of amides is 2. The lowest BCUT2D eigenvalue weighted by atomic mass is 10.2. The Bertz CT molecular complexity index is 635. The zero-order valence-corrected chi connectivity index (χ0v) is 12.3. The predicted octanol–water partition coefficient (Wildman–Crippen LogP) is 3.40. The largest absolute Gasteiger partial charge is 0.495 e. The number of rotatable bonds is 4. The molecule has 0 saturated carbocycles. The number of benzene rings is 1. The van der Waals surface area contributed by atoms with Crippen molar-refractivity contribution in [1.29, 1.82) is 0 Å². The SMILES string of the molecule is COc1cc(OC)c(NC(=O)Nc2ccncc2)cc1Cl. The molecule has 1 aromatic heterocycles. The molecule has 0 aliphatic carbocycles. The van der Waals surface area contributed by atoms with Gasteiger partial charge in [0.2, 0.25) is 0 Å². The van der Waals surface area contributed by atoms with E-state index in [1.54, 1.807) is 36.7 Å². The van der Waals surface area contributed by atoms with Crippen molar-refractivity contribution in [2.75, 3.05) is 24.9 Å². The second-order valence-electron chi connectivity index (χ2n) is 4.00. The first kappa shape index (κ1) is 14.9. The molecule has 0 aliphatic heterocycles. The first-order chi connectivity index (χ1) is 10.1. The molecule has 0 fully saturated rings. The number of pyridine rings is 1. The van der Waals surface area contributed by atoms with Crippen LogP contribution in [0, 0.1) is 0 Å². The number of aromatic nitrogens is 1. The molecule has 6 nitrogen and oxygen atoms in total. The van der Waals surface area contributed by atoms with Gasteiger partial charge in [-0.2, -0.15) is 0 Å². The van der Waals surface area contributed by atoms with Crippen LogP contribution in [0.4, 0.5) is 16.2 Å². The zero-order chi connectivity index (χ0) is 15.2. The van der Waals surface area contributed by atoms with Gasteiger partial charge in [0.05, 0.1) is 24.9 Å². The van der Waals surface area contributed by atoms with E-state index in [0.29, 0.717) is 27.9 Å². The molecule has 2 aromatic rings. The van der Waals surface area contributed by atoms with E-state index in [0.717, 1.165) is 0 Å².